The van der Waals surface area contributed by atoms with Crippen LogP contribution in [0, 0.1) is 17.2 Å². The molecule has 1 aliphatic heterocycles. The molecule has 0 amide bonds. The fourth-order valence-electron chi connectivity index (χ4n) is 4.57. The number of nitrogens with two attached hydrogens (primary N) is 1. The summed E-state index contributed by atoms with van der Waals surface area (Å²) in [6.45, 7) is 5.08. The van der Waals surface area contributed by atoms with Crippen molar-refractivity contribution in [3.8, 4) is 11.8 Å². The van der Waals surface area contributed by atoms with Crippen molar-refractivity contribution < 1.29 is 38.1 Å². The molecule has 0 bridgehead atoms. The molecule has 3 aromatic rings. The lowest BCUT2D eigenvalue weighted by molar-refractivity contribution is -0.146. The van der Waals surface area contributed by atoms with Crippen LogP contribution in [-0.4, -0.2) is 68.3 Å². The van der Waals surface area contributed by atoms with Gasteiger partial charge in [0.1, 0.15) is 48.0 Å². The number of benzene rings is 1. The van der Waals surface area contributed by atoms with Crippen molar-refractivity contribution in [1.29, 1.82) is 5.26 Å². The van der Waals surface area contributed by atoms with Gasteiger partial charge in [-0.15, -0.1) is 12.4 Å². The number of esters is 1. The number of hydrogen-bond donors (Lipinski definition) is 4. The Bertz CT molecular complexity index is 1470. The summed E-state index contributed by atoms with van der Waals surface area (Å²) in [7, 11) is -4.32. The van der Waals surface area contributed by atoms with E-state index in [1.807, 2.05) is 19.9 Å². The molecule has 0 unspecified atom stereocenters. The zero-order valence-electron chi connectivity index (χ0n) is 23.9. The number of aromatic nitrogens is 3. The van der Waals surface area contributed by atoms with Crippen molar-refractivity contribution in [1.82, 2.24) is 19.7 Å². The summed E-state index contributed by atoms with van der Waals surface area (Å²) in [4.78, 5) is 16.6. The van der Waals surface area contributed by atoms with E-state index in [0.717, 1.165) is 12.8 Å². The lowest BCUT2D eigenvalue weighted by atomic mass is 9.92. The molecule has 4 rings (SSSR count). The number of aliphatic hydroxyl groups is 2. The summed E-state index contributed by atoms with van der Waals surface area (Å²) in [5.74, 6) is -0.143. The zero-order chi connectivity index (χ0) is 30.5. The molecule has 1 saturated heterocycles. The van der Waals surface area contributed by atoms with E-state index in [0.29, 0.717) is 5.52 Å². The monoisotopic (exact) mass is 638 g/mol. The smallest absolute Gasteiger partial charge is 0.459 e. The molecular formula is C27H36ClN6O8P. The number of ether oxygens (including phenoxy) is 2. The summed E-state index contributed by atoms with van der Waals surface area (Å²) in [5.41, 5.74) is 4.28. The Hall–Kier alpha value is -3.28. The van der Waals surface area contributed by atoms with Crippen molar-refractivity contribution in [2.24, 2.45) is 5.92 Å². The van der Waals surface area contributed by atoms with Gasteiger partial charge in [0.05, 0.1) is 18.9 Å². The summed E-state index contributed by atoms with van der Waals surface area (Å²) in [6.07, 6.45) is -1.87. The Morgan fingerprint density at radius 2 is 1.95 bits per heavy atom. The maximum absolute atomic E-state index is 13.9. The fraction of sp³-hybridized carbons (Fsp3) is 0.481. The molecule has 14 nitrogen and oxygen atoms in total. The number of carbonyl (C=O) groups excluding carboxylic acids is 1. The highest BCUT2D eigenvalue weighted by molar-refractivity contribution is 7.52. The molecule has 43 heavy (non-hydrogen) atoms. The SMILES string of the molecule is CCC(CC)COC(=O)[C@H](C)N[P@](=O)(OC[C@H]1O[C@@](C#N)(c2ccc3c(N)ncnn23)[C@H](O)[C@@H]1O)Oc1ccccc1.Cl. The van der Waals surface area contributed by atoms with Crippen LogP contribution >= 0.6 is 20.2 Å². The Labute approximate surface area is 255 Å². The molecule has 234 valence electrons. The van der Waals surface area contributed by atoms with Gasteiger partial charge in [-0.1, -0.05) is 44.9 Å². The third kappa shape index (κ3) is 7.27. The third-order valence-electron chi connectivity index (χ3n) is 7.19. The number of para-hydroxylation sites is 1. The highest BCUT2D eigenvalue weighted by Crippen LogP contribution is 2.47. The minimum atomic E-state index is -4.32. The van der Waals surface area contributed by atoms with Crippen LogP contribution in [0.1, 0.15) is 39.3 Å². The van der Waals surface area contributed by atoms with E-state index in [9.17, 15) is 24.8 Å². The van der Waals surface area contributed by atoms with Crippen LogP contribution in [0.2, 0.25) is 0 Å². The fourth-order valence-corrected chi connectivity index (χ4v) is 6.07. The lowest BCUT2D eigenvalue weighted by Crippen LogP contribution is -2.41. The van der Waals surface area contributed by atoms with Gasteiger partial charge >= 0.3 is 13.7 Å². The maximum atomic E-state index is 13.9. The van der Waals surface area contributed by atoms with Crippen LogP contribution in [0.5, 0.6) is 5.75 Å². The van der Waals surface area contributed by atoms with Crippen LogP contribution in [0.3, 0.4) is 0 Å². The first-order valence-electron chi connectivity index (χ1n) is 13.5. The average Bonchev–Trinajstić information content (AvgIpc) is 3.53. The first kappa shape index (κ1) is 34.2. The molecule has 0 aliphatic carbocycles. The van der Waals surface area contributed by atoms with Crippen LogP contribution in [0.4, 0.5) is 5.82 Å². The second-order valence-electron chi connectivity index (χ2n) is 9.96. The van der Waals surface area contributed by atoms with Gasteiger partial charge in [0.15, 0.2) is 5.82 Å². The first-order chi connectivity index (χ1) is 20.1. The molecule has 0 radical (unpaired) electrons. The number of nitrogens with zero attached hydrogens (tertiary/aromatic N) is 4. The molecule has 0 saturated carbocycles. The second kappa shape index (κ2) is 14.5. The van der Waals surface area contributed by atoms with Crippen LogP contribution in [0.25, 0.3) is 5.52 Å². The predicted octanol–water partition coefficient (Wildman–Crippen LogP) is 2.73. The number of nitrogen functional groups attached to an aromatic ring is 1. The molecule has 1 fully saturated rings. The van der Waals surface area contributed by atoms with E-state index in [-0.39, 0.29) is 42.2 Å². The number of carbonyl (C=O) groups is 1. The molecule has 3 heterocycles. The van der Waals surface area contributed by atoms with Gasteiger partial charge in [0.25, 0.3) is 0 Å². The van der Waals surface area contributed by atoms with E-state index in [2.05, 4.69) is 15.2 Å². The van der Waals surface area contributed by atoms with Gasteiger partial charge in [-0.2, -0.15) is 15.4 Å². The van der Waals surface area contributed by atoms with E-state index < -0.39 is 50.3 Å². The van der Waals surface area contributed by atoms with Gasteiger partial charge in [0, 0.05) is 0 Å². The largest absolute Gasteiger partial charge is 0.464 e. The summed E-state index contributed by atoms with van der Waals surface area (Å²) >= 11 is 0. The van der Waals surface area contributed by atoms with Crippen LogP contribution in [0.15, 0.2) is 48.8 Å². The number of hydrogen-bond acceptors (Lipinski definition) is 12. The Balaban J connectivity index is 0.00000506. The number of nitriles is 1. The summed E-state index contributed by atoms with van der Waals surface area (Å²) in [6, 6.07) is 12.0. The normalized spacial score (nSPS) is 23.7. The summed E-state index contributed by atoms with van der Waals surface area (Å²) < 4.78 is 37.8. The van der Waals surface area contributed by atoms with E-state index in [1.54, 1.807) is 36.4 Å². The molecule has 6 atom stereocenters. The number of nitrogens with one attached hydrogen (secondary N) is 1. The lowest BCUT2D eigenvalue weighted by Gasteiger charge is -2.25. The molecular weight excluding hydrogens is 603 g/mol. The maximum Gasteiger partial charge on any atom is 0.459 e. The second-order valence-corrected chi connectivity index (χ2v) is 11.7. The van der Waals surface area contributed by atoms with Crippen molar-refractivity contribution in [2.75, 3.05) is 18.9 Å². The number of rotatable bonds is 13. The molecule has 16 heteroatoms. The number of aliphatic hydroxyl groups excluding tert-OH is 2. The first-order valence-corrected chi connectivity index (χ1v) is 15.1. The Kier molecular flexibility index (Phi) is 11.5. The molecule has 0 spiro atoms. The minimum absolute atomic E-state index is 0. The highest BCUT2D eigenvalue weighted by Gasteiger charge is 2.58. The van der Waals surface area contributed by atoms with Crippen LogP contribution in [-0.2, 0) is 29.0 Å². The van der Waals surface area contributed by atoms with E-state index >= 15 is 0 Å². The van der Waals surface area contributed by atoms with Gasteiger partial charge in [-0.3, -0.25) is 9.32 Å². The third-order valence-corrected chi connectivity index (χ3v) is 8.83. The number of anilines is 1. The van der Waals surface area contributed by atoms with E-state index in [1.165, 1.54) is 23.8 Å². The van der Waals surface area contributed by atoms with E-state index in [4.69, 9.17) is 24.3 Å². The number of fused-ring (bicyclic) bond motifs is 1. The average molecular weight is 639 g/mol. The van der Waals surface area contributed by atoms with Gasteiger partial charge in [-0.25, -0.2) is 14.1 Å². The quantitative estimate of drug-likeness (QED) is 0.157. The molecule has 5 N–H and O–H groups in total. The number of halogens is 1. The van der Waals surface area contributed by atoms with Gasteiger partial charge in [0.2, 0.25) is 5.60 Å². The highest BCUT2D eigenvalue weighted by atomic mass is 35.5. The molecule has 1 aliphatic rings. The predicted molar refractivity (Wildman–Crippen MR) is 157 cm³/mol. The Morgan fingerprint density at radius 3 is 2.60 bits per heavy atom. The van der Waals surface area contributed by atoms with Crippen molar-refractivity contribution in [2.45, 2.75) is 63.6 Å². The Morgan fingerprint density at radius 1 is 1.26 bits per heavy atom. The standard InChI is InChI=1S/C27H35N6O8P.ClH/c1-4-18(5-2)13-38-26(36)17(3)32-42(37,41-19-9-7-6-8-10-19)39-14-21-23(34)24(35)27(15-28,40-21)22-12-11-20-25(29)30-16-31-33(20)22;/h6-12,16-18,21,23-24,34-35H,4-5,13-14H2,1-3H3,(H,32,37)(H2,29,30,31);1H/t17-,21+,23+,24+,27-,42-;/m0./s1. The molecule has 2 aromatic heterocycles. The minimum Gasteiger partial charge on any atom is -0.464 e. The van der Waals surface area contributed by atoms with Gasteiger partial charge < -0.3 is 29.9 Å². The zero-order valence-corrected chi connectivity index (χ0v) is 25.6. The van der Waals surface area contributed by atoms with Gasteiger partial charge in [-0.05, 0) is 37.1 Å². The summed E-state index contributed by atoms with van der Waals surface area (Å²) in [5, 5.41) is 38.7. The van der Waals surface area contributed by atoms with Crippen molar-refractivity contribution in [3.63, 3.8) is 0 Å². The van der Waals surface area contributed by atoms with Crippen molar-refractivity contribution >= 4 is 37.5 Å². The topological polar surface area (TPSA) is 204 Å². The molecule has 1 aromatic carbocycles. The van der Waals surface area contributed by atoms with Crippen molar-refractivity contribution in [3.05, 3.63) is 54.5 Å². The van der Waals surface area contributed by atoms with Crippen LogP contribution < -0.4 is 15.3 Å².